The number of likely N-dealkylation sites (N-methyl/N-ethyl adjacent to an activating group) is 1. The molecule has 3 N–H and O–H groups in total. The molecule has 1 heterocycles. The lowest BCUT2D eigenvalue weighted by atomic mass is 10.3. The number of amides is 2. The summed E-state index contributed by atoms with van der Waals surface area (Å²) in [6, 6.07) is 4.86. The zero-order valence-electron chi connectivity index (χ0n) is 12.6. The predicted octanol–water partition coefficient (Wildman–Crippen LogP) is 1.05. The number of nitrogens with two attached hydrogens (primary N) is 1. The molecule has 118 valence electrons. The fraction of sp³-hybridized carbons (Fsp3) is 0.357. The van der Waals surface area contributed by atoms with Gasteiger partial charge in [0.2, 0.25) is 11.8 Å². The number of ether oxygens (including phenoxy) is 1. The fourth-order valence-corrected chi connectivity index (χ4v) is 2.80. The van der Waals surface area contributed by atoms with Gasteiger partial charge in [-0.3, -0.25) is 9.59 Å². The highest BCUT2D eigenvalue weighted by Gasteiger charge is 2.17. The van der Waals surface area contributed by atoms with Gasteiger partial charge < -0.3 is 20.7 Å². The monoisotopic (exact) mass is 322 g/mol. The Balaban J connectivity index is 2.04. The molecule has 2 aromatic rings. The molecule has 0 bridgehead atoms. The van der Waals surface area contributed by atoms with Crippen molar-refractivity contribution in [3.05, 3.63) is 18.2 Å². The van der Waals surface area contributed by atoms with Gasteiger partial charge in [-0.25, -0.2) is 4.98 Å². The molecule has 0 aliphatic carbocycles. The Hall–Kier alpha value is -2.19. The predicted molar refractivity (Wildman–Crippen MR) is 86.1 cm³/mol. The highest BCUT2D eigenvalue weighted by atomic mass is 32.1. The molecular weight excluding hydrogens is 304 g/mol. The van der Waals surface area contributed by atoms with Crippen LogP contribution in [0.3, 0.4) is 0 Å². The maximum atomic E-state index is 11.9. The lowest BCUT2D eigenvalue weighted by Crippen LogP contribution is -2.43. The van der Waals surface area contributed by atoms with Gasteiger partial charge in [-0.15, -0.1) is 0 Å². The molecule has 0 saturated carbocycles. The first-order valence-corrected chi connectivity index (χ1v) is 7.47. The van der Waals surface area contributed by atoms with Crippen molar-refractivity contribution in [2.75, 3.05) is 26.0 Å². The van der Waals surface area contributed by atoms with E-state index in [0.717, 1.165) is 16.0 Å². The van der Waals surface area contributed by atoms with Gasteiger partial charge in [0.05, 0.1) is 29.9 Å². The number of rotatable bonds is 5. The van der Waals surface area contributed by atoms with Crippen molar-refractivity contribution in [1.29, 1.82) is 0 Å². The van der Waals surface area contributed by atoms with Crippen molar-refractivity contribution in [1.82, 2.24) is 9.88 Å². The summed E-state index contributed by atoms with van der Waals surface area (Å²) >= 11 is 1.35. The Morgan fingerprint density at radius 3 is 2.86 bits per heavy atom. The van der Waals surface area contributed by atoms with Crippen LogP contribution >= 0.6 is 11.3 Å². The number of hydrogen-bond acceptors (Lipinski definition) is 6. The van der Waals surface area contributed by atoms with Crippen molar-refractivity contribution in [3.63, 3.8) is 0 Å². The lowest BCUT2D eigenvalue weighted by molar-refractivity contribution is -0.134. The second-order valence-electron chi connectivity index (χ2n) is 4.88. The Bertz CT molecular complexity index is 698. The van der Waals surface area contributed by atoms with Crippen LogP contribution in [0, 0.1) is 0 Å². The summed E-state index contributed by atoms with van der Waals surface area (Å²) in [6.45, 7) is 1.51. The van der Waals surface area contributed by atoms with Crippen LogP contribution in [0.2, 0.25) is 0 Å². The van der Waals surface area contributed by atoms with E-state index in [1.165, 1.54) is 23.3 Å². The molecular formula is C14H18N4O3S. The molecule has 1 aromatic heterocycles. The molecule has 0 radical (unpaired) electrons. The van der Waals surface area contributed by atoms with Crippen LogP contribution in [-0.4, -0.2) is 48.4 Å². The Labute approximate surface area is 132 Å². The fourth-order valence-electron chi connectivity index (χ4n) is 1.89. The van der Waals surface area contributed by atoms with E-state index in [4.69, 9.17) is 10.5 Å². The molecule has 0 fully saturated rings. The van der Waals surface area contributed by atoms with Gasteiger partial charge in [-0.05, 0) is 25.1 Å². The number of carbonyl (C=O) groups excluding carboxylic acids is 2. The van der Waals surface area contributed by atoms with E-state index in [1.807, 2.05) is 18.2 Å². The largest absolute Gasteiger partial charge is 0.497 e. The number of fused-ring (bicyclic) bond motifs is 1. The van der Waals surface area contributed by atoms with Crippen molar-refractivity contribution in [3.8, 4) is 5.75 Å². The van der Waals surface area contributed by atoms with Crippen LogP contribution < -0.4 is 15.8 Å². The second kappa shape index (κ2) is 6.71. The minimum absolute atomic E-state index is 0.0698. The molecule has 2 rings (SSSR count). The number of nitrogens with zero attached hydrogens (tertiary/aromatic N) is 2. The maximum absolute atomic E-state index is 11.9. The van der Waals surface area contributed by atoms with E-state index in [1.54, 1.807) is 14.0 Å². The van der Waals surface area contributed by atoms with Gasteiger partial charge in [0.15, 0.2) is 5.13 Å². The third-order valence-electron chi connectivity index (χ3n) is 2.99. The molecule has 0 unspecified atom stereocenters. The van der Waals surface area contributed by atoms with E-state index in [-0.39, 0.29) is 18.4 Å². The number of carbonyl (C=O) groups is 2. The highest BCUT2D eigenvalue weighted by molar-refractivity contribution is 7.22. The van der Waals surface area contributed by atoms with Gasteiger partial charge in [-0.1, -0.05) is 11.3 Å². The minimum atomic E-state index is -0.632. The molecule has 8 heteroatoms. The molecule has 0 aliphatic heterocycles. The first kappa shape index (κ1) is 16.2. The van der Waals surface area contributed by atoms with Crippen molar-refractivity contribution in [2.45, 2.75) is 13.0 Å². The quantitative estimate of drug-likeness (QED) is 0.857. The Morgan fingerprint density at radius 1 is 1.50 bits per heavy atom. The molecule has 0 saturated heterocycles. The van der Waals surface area contributed by atoms with E-state index in [2.05, 4.69) is 10.3 Å². The summed E-state index contributed by atoms with van der Waals surface area (Å²) in [5.41, 5.74) is 6.28. The third kappa shape index (κ3) is 3.71. The zero-order valence-corrected chi connectivity index (χ0v) is 13.4. The number of hydrogen-bond donors (Lipinski definition) is 2. The molecule has 1 atom stereocenters. The zero-order chi connectivity index (χ0) is 16.3. The van der Waals surface area contributed by atoms with Crippen LogP contribution in [0.25, 0.3) is 10.2 Å². The smallest absolute Gasteiger partial charge is 0.245 e. The first-order valence-electron chi connectivity index (χ1n) is 6.65. The molecule has 0 spiro atoms. The van der Waals surface area contributed by atoms with E-state index in [9.17, 15) is 9.59 Å². The third-order valence-corrected chi connectivity index (χ3v) is 3.92. The van der Waals surface area contributed by atoms with Crippen LogP contribution in [0.4, 0.5) is 5.13 Å². The number of benzene rings is 1. The topological polar surface area (TPSA) is 97.5 Å². The molecule has 1 aromatic carbocycles. The summed E-state index contributed by atoms with van der Waals surface area (Å²) in [4.78, 5) is 29.2. The number of thiazole rings is 1. The van der Waals surface area contributed by atoms with Gasteiger partial charge in [0, 0.05) is 7.05 Å². The molecule has 2 amide bonds. The normalized spacial score (nSPS) is 12.0. The van der Waals surface area contributed by atoms with Crippen LogP contribution in [0.1, 0.15) is 6.92 Å². The average molecular weight is 322 g/mol. The summed E-state index contributed by atoms with van der Waals surface area (Å²) in [5, 5.41) is 3.17. The van der Waals surface area contributed by atoms with E-state index < -0.39 is 6.04 Å². The molecule has 0 aliphatic rings. The van der Waals surface area contributed by atoms with Crippen molar-refractivity contribution >= 4 is 38.5 Å². The van der Waals surface area contributed by atoms with Crippen LogP contribution in [-0.2, 0) is 9.59 Å². The lowest BCUT2D eigenvalue weighted by Gasteiger charge is -2.18. The maximum Gasteiger partial charge on any atom is 0.245 e. The number of nitrogens with one attached hydrogen (secondary N) is 1. The van der Waals surface area contributed by atoms with Crippen LogP contribution in [0.5, 0.6) is 5.75 Å². The minimum Gasteiger partial charge on any atom is -0.497 e. The van der Waals surface area contributed by atoms with Crippen molar-refractivity contribution in [2.24, 2.45) is 5.73 Å². The SMILES string of the molecule is COc1ccc2nc(NC(=O)CN(C)C(=O)[C@@H](C)N)sc2c1. The summed E-state index contributed by atoms with van der Waals surface area (Å²) < 4.78 is 6.06. The van der Waals surface area contributed by atoms with Gasteiger partial charge in [0.1, 0.15) is 5.75 Å². The summed E-state index contributed by atoms with van der Waals surface area (Å²) in [7, 11) is 3.13. The van der Waals surface area contributed by atoms with Gasteiger partial charge in [0.25, 0.3) is 0 Å². The average Bonchev–Trinajstić information content (AvgIpc) is 2.86. The van der Waals surface area contributed by atoms with Crippen LogP contribution in [0.15, 0.2) is 18.2 Å². The Morgan fingerprint density at radius 2 is 2.23 bits per heavy atom. The second-order valence-corrected chi connectivity index (χ2v) is 5.91. The standard InChI is InChI=1S/C14H18N4O3S/c1-8(15)13(20)18(2)7-12(19)17-14-16-10-5-4-9(21-3)6-11(10)22-14/h4-6,8H,7,15H2,1-3H3,(H,16,17,19)/t8-/m1/s1. The van der Waals surface area contributed by atoms with E-state index in [0.29, 0.717) is 5.13 Å². The summed E-state index contributed by atoms with van der Waals surface area (Å²) in [6.07, 6.45) is 0. The van der Waals surface area contributed by atoms with E-state index >= 15 is 0 Å². The summed E-state index contributed by atoms with van der Waals surface area (Å²) in [5.74, 6) is 0.128. The first-order chi connectivity index (χ1) is 10.4. The molecule has 7 nitrogen and oxygen atoms in total. The number of methoxy groups -OCH3 is 1. The van der Waals surface area contributed by atoms with Gasteiger partial charge >= 0.3 is 0 Å². The highest BCUT2D eigenvalue weighted by Crippen LogP contribution is 2.29. The number of aromatic nitrogens is 1. The number of anilines is 1. The Kier molecular flexibility index (Phi) is 4.94. The van der Waals surface area contributed by atoms with Gasteiger partial charge in [-0.2, -0.15) is 0 Å². The van der Waals surface area contributed by atoms with Crippen molar-refractivity contribution < 1.29 is 14.3 Å². The molecule has 22 heavy (non-hydrogen) atoms.